The molecule has 0 spiro atoms. The van der Waals surface area contributed by atoms with Crippen molar-refractivity contribution < 1.29 is 9.53 Å². The second-order valence-corrected chi connectivity index (χ2v) is 8.67. The summed E-state index contributed by atoms with van der Waals surface area (Å²) in [7, 11) is 0. The van der Waals surface area contributed by atoms with Crippen LogP contribution in [0.4, 0.5) is 22.2 Å². The van der Waals surface area contributed by atoms with Crippen molar-refractivity contribution in [2.75, 3.05) is 22.9 Å². The van der Waals surface area contributed by atoms with Gasteiger partial charge in [-0.3, -0.25) is 5.41 Å². The van der Waals surface area contributed by atoms with E-state index < -0.39 is 6.09 Å². The van der Waals surface area contributed by atoms with Gasteiger partial charge in [-0.25, -0.2) is 9.78 Å². The zero-order valence-corrected chi connectivity index (χ0v) is 19.6. The van der Waals surface area contributed by atoms with Crippen molar-refractivity contribution in [3.63, 3.8) is 0 Å². The molecule has 35 heavy (non-hydrogen) atoms. The first kappa shape index (κ1) is 23.8. The number of aromatic nitrogens is 2. The Labute approximate surface area is 204 Å². The zero-order chi connectivity index (χ0) is 24.9. The number of piperidine rings is 1. The highest BCUT2D eigenvalue weighted by atomic mass is 16.5. The lowest BCUT2D eigenvalue weighted by molar-refractivity contribution is 0.134. The number of carbonyl (C=O) groups excluding carboxylic acids is 1. The summed E-state index contributed by atoms with van der Waals surface area (Å²) in [4.78, 5) is 23.3. The van der Waals surface area contributed by atoms with E-state index in [9.17, 15) is 4.79 Å². The monoisotopic (exact) mass is 474 g/mol. The van der Waals surface area contributed by atoms with Crippen LogP contribution >= 0.6 is 0 Å². The summed E-state index contributed by atoms with van der Waals surface area (Å²) in [6.07, 6.45) is 1.25. The molecule has 1 aliphatic rings. The molecule has 1 amide bonds. The Morgan fingerprint density at radius 3 is 2.63 bits per heavy atom. The van der Waals surface area contributed by atoms with E-state index in [4.69, 9.17) is 27.3 Å². The van der Waals surface area contributed by atoms with Crippen molar-refractivity contribution in [3.05, 3.63) is 65.7 Å². The van der Waals surface area contributed by atoms with Crippen LogP contribution in [0.2, 0.25) is 0 Å². The molecule has 0 radical (unpaired) electrons. The summed E-state index contributed by atoms with van der Waals surface area (Å²) < 4.78 is 5.38. The summed E-state index contributed by atoms with van der Waals surface area (Å²) in [5.41, 5.74) is 20.8. The number of amides is 1. The number of nitrogens with two attached hydrogens (primary N) is 3. The summed E-state index contributed by atoms with van der Waals surface area (Å²) in [5.74, 6) is 0.703. The van der Waals surface area contributed by atoms with Gasteiger partial charge in [0.05, 0.1) is 5.69 Å². The fourth-order valence-electron chi connectivity index (χ4n) is 4.19. The summed E-state index contributed by atoms with van der Waals surface area (Å²) >= 11 is 0. The number of hydrogen-bond donors (Lipinski definition) is 5. The molecule has 3 aromatic rings. The number of nitrogens with zero attached hydrogens (tertiary/aromatic N) is 3. The van der Waals surface area contributed by atoms with E-state index in [2.05, 4.69) is 27.1 Å². The summed E-state index contributed by atoms with van der Waals surface area (Å²) in [6.45, 7) is 2.89. The standard InChI is InChI=1S/C25H30N8O2/c1-15-7-9-18(30-25(34)35-14-16-5-3-2-4-6-16)13-33(15)22-12-21(31-24(29)32-22)17-8-10-19(23(27)28)20(26)11-17/h2-6,8,10-12,15,18H,7,9,13-14,26H2,1H3,(H3,27,28)(H,30,34)(H2,29,31,32)/t15-,18+/m1/s1. The van der Waals surface area contributed by atoms with Crippen molar-refractivity contribution in [2.45, 2.75) is 38.5 Å². The van der Waals surface area contributed by atoms with Crippen molar-refractivity contribution in [2.24, 2.45) is 5.73 Å². The summed E-state index contributed by atoms with van der Waals surface area (Å²) in [6, 6.07) is 16.7. The van der Waals surface area contributed by atoms with Crippen LogP contribution in [0.15, 0.2) is 54.6 Å². The number of ether oxygens (including phenoxy) is 1. The molecule has 1 saturated heterocycles. The third-order valence-corrected chi connectivity index (χ3v) is 6.08. The van der Waals surface area contributed by atoms with Crippen LogP contribution in [-0.2, 0) is 11.3 Å². The number of rotatable bonds is 6. The van der Waals surface area contributed by atoms with Crippen LogP contribution < -0.4 is 27.4 Å². The Morgan fingerprint density at radius 1 is 1.14 bits per heavy atom. The highest BCUT2D eigenvalue weighted by Gasteiger charge is 2.28. The first-order chi connectivity index (χ1) is 16.8. The minimum absolute atomic E-state index is 0.0973. The van der Waals surface area contributed by atoms with Crippen LogP contribution in [0.3, 0.4) is 0 Å². The molecule has 8 N–H and O–H groups in total. The number of nitrogen functional groups attached to an aromatic ring is 3. The number of nitrogens with one attached hydrogen (secondary N) is 2. The molecule has 1 aromatic heterocycles. The number of hydrogen-bond acceptors (Lipinski definition) is 8. The maximum atomic E-state index is 12.4. The summed E-state index contributed by atoms with van der Waals surface area (Å²) in [5, 5.41) is 10.6. The largest absolute Gasteiger partial charge is 0.445 e. The molecule has 0 unspecified atom stereocenters. The van der Waals surface area contributed by atoms with Gasteiger partial charge in [0, 0.05) is 41.5 Å². The lowest BCUT2D eigenvalue weighted by Crippen LogP contribution is -2.51. The van der Waals surface area contributed by atoms with Gasteiger partial charge in [-0.1, -0.05) is 36.4 Å². The molecular weight excluding hydrogens is 444 g/mol. The molecule has 2 atom stereocenters. The lowest BCUT2D eigenvalue weighted by Gasteiger charge is -2.39. The minimum atomic E-state index is -0.447. The smallest absolute Gasteiger partial charge is 0.407 e. The van der Waals surface area contributed by atoms with E-state index in [0.29, 0.717) is 29.3 Å². The van der Waals surface area contributed by atoms with Crippen molar-refractivity contribution >= 4 is 29.4 Å². The topological polar surface area (TPSA) is 169 Å². The van der Waals surface area contributed by atoms with Gasteiger partial charge < -0.3 is 32.2 Å². The average Bonchev–Trinajstić information content (AvgIpc) is 2.84. The number of anilines is 3. The van der Waals surface area contributed by atoms with Crippen LogP contribution in [0.25, 0.3) is 11.3 Å². The van der Waals surface area contributed by atoms with E-state index in [-0.39, 0.29) is 30.5 Å². The molecule has 2 aromatic carbocycles. The van der Waals surface area contributed by atoms with E-state index >= 15 is 0 Å². The Bertz CT molecular complexity index is 1220. The first-order valence-electron chi connectivity index (χ1n) is 11.4. The number of carbonyl (C=O) groups is 1. The Morgan fingerprint density at radius 2 is 1.91 bits per heavy atom. The van der Waals surface area contributed by atoms with Gasteiger partial charge in [-0.2, -0.15) is 4.98 Å². The normalized spacial score (nSPS) is 17.6. The number of benzene rings is 2. The van der Waals surface area contributed by atoms with Crippen molar-refractivity contribution in [3.8, 4) is 11.3 Å². The van der Waals surface area contributed by atoms with Crippen molar-refractivity contribution in [1.82, 2.24) is 15.3 Å². The second kappa shape index (κ2) is 10.3. The van der Waals surface area contributed by atoms with Crippen LogP contribution in [-0.4, -0.2) is 40.5 Å². The quantitative estimate of drug-likeness (QED) is 0.206. The van der Waals surface area contributed by atoms with Gasteiger partial charge in [0.1, 0.15) is 18.3 Å². The third kappa shape index (κ3) is 5.78. The maximum absolute atomic E-state index is 12.4. The Balaban J connectivity index is 1.47. The minimum Gasteiger partial charge on any atom is -0.445 e. The van der Waals surface area contributed by atoms with Crippen LogP contribution in [0.5, 0.6) is 0 Å². The predicted molar refractivity (Wildman–Crippen MR) is 137 cm³/mol. The molecule has 0 aliphatic carbocycles. The zero-order valence-electron chi connectivity index (χ0n) is 19.6. The van der Waals surface area contributed by atoms with Gasteiger partial charge in [-0.05, 0) is 37.5 Å². The van der Waals surface area contributed by atoms with Crippen LogP contribution in [0, 0.1) is 5.41 Å². The molecule has 0 saturated carbocycles. The second-order valence-electron chi connectivity index (χ2n) is 8.67. The Kier molecular flexibility index (Phi) is 7.00. The molecule has 0 bridgehead atoms. The van der Waals surface area contributed by atoms with Gasteiger partial charge in [0.15, 0.2) is 0 Å². The van der Waals surface area contributed by atoms with E-state index in [0.717, 1.165) is 24.0 Å². The molecule has 10 nitrogen and oxygen atoms in total. The molecule has 182 valence electrons. The first-order valence-corrected chi connectivity index (χ1v) is 11.4. The molecule has 10 heteroatoms. The van der Waals surface area contributed by atoms with Gasteiger partial charge in [-0.15, -0.1) is 0 Å². The number of amidine groups is 1. The fraction of sp³-hybridized carbons (Fsp3) is 0.280. The van der Waals surface area contributed by atoms with E-state index in [1.807, 2.05) is 36.4 Å². The maximum Gasteiger partial charge on any atom is 0.407 e. The Hall–Kier alpha value is -4.34. The molecule has 4 rings (SSSR count). The molecule has 1 aliphatic heterocycles. The van der Waals surface area contributed by atoms with Gasteiger partial charge in [0.25, 0.3) is 0 Å². The molecule has 1 fully saturated rings. The van der Waals surface area contributed by atoms with Crippen molar-refractivity contribution in [1.29, 1.82) is 5.41 Å². The predicted octanol–water partition coefficient (Wildman–Crippen LogP) is 2.88. The SMILES string of the molecule is C[C@@H]1CC[C@H](NC(=O)OCc2ccccc2)CN1c1cc(-c2ccc(C(=N)N)c(N)c2)nc(N)n1. The van der Waals surface area contributed by atoms with Gasteiger partial charge >= 0.3 is 6.09 Å². The van der Waals surface area contributed by atoms with E-state index in [1.165, 1.54) is 0 Å². The number of alkyl carbamates (subject to hydrolysis) is 1. The highest BCUT2D eigenvalue weighted by molar-refractivity contribution is 6.00. The molecular formula is C25H30N8O2. The third-order valence-electron chi connectivity index (χ3n) is 6.08. The van der Waals surface area contributed by atoms with E-state index in [1.54, 1.807) is 18.2 Å². The average molecular weight is 475 g/mol. The highest BCUT2D eigenvalue weighted by Crippen LogP contribution is 2.29. The van der Waals surface area contributed by atoms with Gasteiger partial charge in [0.2, 0.25) is 5.95 Å². The molecule has 2 heterocycles. The fourth-order valence-corrected chi connectivity index (χ4v) is 4.19. The lowest BCUT2D eigenvalue weighted by atomic mass is 9.99. The van der Waals surface area contributed by atoms with Crippen LogP contribution in [0.1, 0.15) is 30.9 Å².